The Balaban J connectivity index is 1.80. The van der Waals surface area contributed by atoms with Gasteiger partial charge in [0, 0.05) is 16.8 Å². The number of amides is 4. The van der Waals surface area contributed by atoms with E-state index in [1.54, 1.807) is 36.4 Å². The summed E-state index contributed by atoms with van der Waals surface area (Å²) in [7, 11) is 0. The van der Waals surface area contributed by atoms with Crippen LogP contribution in [0.3, 0.4) is 0 Å². The minimum absolute atomic E-state index is 0.117. The third-order valence-corrected chi connectivity index (χ3v) is 4.86. The number of urea groups is 1. The van der Waals surface area contributed by atoms with Gasteiger partial charge >= 0.3 is 6.03 Å². The molecule has 0 aliphatic carbocycles. The minimum atomic E-state index is -0.846. The van der Waals surface area contributed by atoms with Gasteiger partial charge in [0.25, 0.3) is 5.91 Å². The van der Waals surface area contributed by atoms with Gasteiger partial charge < -0.3 is 10.2 Å². The molecular weight excluding hydrogens is 378 g/mol. The molecule has 1 atom stereocenters. The van der Waals surface area contributed by atoms with E-state index in [4.69, 9.17) is 11.6 Å². The van der Waals surface area contributed by atoms with Crippen molar-refractivity contribution in [2.45, 2.75) is 39.3 Å². The SMILES string of the molecule is Cc1ccc(N2C(=O)[C@H](CC(=O)Nc3ccc(Cl)cc3)N(C(C)C)C2=O)cc1. The van der Waals surface area contributed by atoms with E-state index in [1.807, 2.05) is 32.9 Å². The van der Waals surface area contributed by atoms with Crippen molar-refractivity contribution in [3.05, 3.63) is 59.1 Å². The first-order chi connectivity index (χ1) is 13.3. The molecule has 0 bridgehead atoms. The summed E-state index contributed by atoms with van der Waals surface area (Å²) in [6.45, 7) is 5.59. The maximum Gasteiger partial charge on any atom is 0.332 e. The molecule has 1 N–H and O–H groups in total. The molecule has 4 amide bonds. The van der Waals surface area contributed by atoms with Crippen LogP contribution in [-0.2, 0) is 9.59 Å². The summed E-state index contributed by atoms with van der Waals surface area (Å²) in [5.41, 5.74) is 2.12. The number of nitrogens with zero attached hydrogens (tertiary/aromatic N) is 2. The van der Waals surface area contributed by atoms with Gasteiger partial charge in [0.05, 0.1) is 12.1 Å². The molecule has 28 heavy (non-hydrogen) atoms. The average Bonchev–Trinajstić information content (AvgIpc) is 2.88. The van der Waals surface area contributed by atoms with Gasteiger partial charge in [-0.05, 0) is 57.2 Å². The number of carbonyl (C=O) groups excluding carboxylic acids is 3. The van der Waals surface area contributed by atoms with Gasteiger partial charge in [-0.3, -0.25) is 9.59 Å². The van der Waals surface area contributed by atoms with E-state index < -0.39 is 18.0 Å². The van der Waals surface area contributed by atoms with Crippen molar-refractivity contribution in [1.82, 2.24) is 4.90 Å². The number of halogens is 1. The van der Waals surface area contributed by atoms with E-state index in [0.29, 0.717) is 16.4 Å². The number of imide groups is 1. The average molecular weight is 400 g/mol. The fourth-order valence-corrected chi connectivity index (χ4v) is 3.36. The van der Waals surface area contributed by atoms with Crippen molar-refractivity contribution in [2.75, 3.05) is 10.2 Å². The van der Waals surface area contributed by atoms with E-state index in [1.165, 1.54) is 4.90 Å². The molecule has 2 aromatic carbocycles. The van der Waals surface area contributed by atoms with Gasteiger partial charge in [-0.2, -0.15) is 0 Å². The molecule has 1 heterocycles. The zero-order valence-electron chi connectivity index (χ0n) is 16.0. The fraction of sp³-hybridized carbons (Fsp3) is 0.286. The van der Waals surface area contributed by atoms with Crippen molar-refractivity contribution in [1.29, 1.82) is 0 Å². The Hall–Kier alpha value is -2.86. The molecule has 6 nitrogen and oxygen atoms in total. The lowest BCUT2D eigenvalue weighted by Gasteiger charge is -2.25. The highest BCUT2D eigenvalue weighted by molar-refractivity contribution is 6.30. The lowest BCUT2D eigenvalue weighted by Crippen LogP contribution is -2.42. The third kappa shape index (κ3) is 4.02. The second-order valence-electron chi connectivity index (χ2n) is 7.07. The smallest absolute Gasteiger partial charge is 0.326 e. The number of nitrogens with one attached hydrogen (secondary N) is 1. The molecule has 3 rings (SSSR count). The first kappa shape index (κ1) is 19.9. The largest absolute Gasteiger partial charge is 0.332 e. The van der Waals surface area contributed by atoms with E-state index in [0.717, 1.165) is 10.5 Å². The van der Waals surface area contributed by atoms with Gasteiger partial charge in [-0.15, -0.1) is 0 Å². The van der Waals surface area contributed by atoms with Crippen LogP contribution in [0, 0.1) is 6.92 Å². The Kier molecular flexibility index (Phi) is 5.70. The highest BCUT2D eigenvalue weighted by Crippen LogP contribution is 2.29. The lowest BCUT2D eigenvalue weighted by atomic mass is 10.1. The van der Waals surface area contributed by atoms with E-state index in [2.05, 4.69) is 5.32 Å². The summed E-state index contributed by atoms with van der Waals surface area (Å²) in [5, 5.41) is 3.31. The second kappa shape index (κ2) is 8.02. The number of rotatable bonds is 5. The summed E-state index contributed by atoms with van der Waals surface area (Å²) < 4.78 is 0. The summed E-state index contributed by atoms with van der Waals surface area (Å²) in [6.07, 6.45) is -0.117. The summed E-state index contributed by atoms with van der Waals surface area (Å²) in [6, 6.07) is 12.4. The van der Waals surface area contributed by atoms with E-state index in [-0.39, 0.29) is 18.4 Å². The van der Waals surface area contributed by atoms with Crippen molar-refractivity contribution in [3.8, 4) is 0 Å². The molecule has 1 saturated heterocycles. The van der Waals surface area contributed by atoms with E-state index >= 15 is 0 Å². The Morgan fingerprint density at radius 2 is 1.68 bits per heavy atom. The van der Waals surface area contributed by atoms with Gasteiger partial charge in [0.1, 0.15) is 6.04 Å². The van der Waals surface area contributed by atoms with Crippen molar-refractivity contribution in [3.63, 3.8) is 0 Å². The highest BCUT2D eigenvalue weighted by atomic mass is 35.5. The van der Waals surface area contributed by atoms with Gasteiger partial charge in [0.15, 0.2) is 0 Å². The third-order valence-electron chi connectivity index (χ3n) is 4.61. The molecule has 0 radical (unpaired) electrons. The predicted octanol–water partition coefficient (Wildman–Crippen LogP) is 4.22. The summed E-state index contributed by atoms with van der Waals surface area (Å²) >= 11 is 5.85. The number of hydrogen-bond acceptors (Lipinski definition) is 3. The van der Waals surface area contributed by atoms with Gasteiger partial charge in [-0.1, -0.05) is 29.3 Å². The molecule has 1 aliphatic rings. The Morgan fingerprint density at radius 3 is 2.25 bits per heavy atom. The molecule has 0 aromatic heterocycles. The zero-order valence-corrected chi connectivity index (χ0v) is 16.7. The van der Waals surface area contributed by atoms with Crippen LogP contribution in [0.4, 0.5) is 16.2 Å². The second-order valence-corrected chi connectivity index (χ2v) is 7.50. The van der Waals surface area contributed by atoms with Crippen LogP contribution in [0.5, 0.6) is 0 Å². The van der Waals surface area contributed by atoms with Crippen molar-refractivity contribution < 1.29 is 14.4 Å². The molecule has 0 spiro atoms. The maximum atomic E-state index is 13.0. The number of hydrogen-bond donors (Lipinski definition) is 1. The molecule has 7 heteroatoms. The maximum absolute atomic E-state index is 13.0. The standard InChI is InChI=1S/C21H22ClN3O3/c1-13(2)24-18(12-19(26)23-16-8-6-15(22)7-9-16)20(27)25(21(24)28)17-10-4-14(3)5-11-17/h4-11,13,18H,12H2,1-3H3,(H,23,26)/t18-/m0/s1. The van der Waals surface area contributed by atoms with Gasteiger partial charge in [0.2, 0.25) is 5.91 Å². The topological polar surface area (TPSA) is 69.7 Å². The molecule has 1 fully saturated rings. The van der Waals surface area contributed by atoms with Crippen LogP contribution in [0.2, 0.25) is 5.02 Å². The lowest BCUT2D eigenvalue weighted by molar-refractivity contribution is -0.124. The van der Waals surface area contributed by atoms with Crippen LogP contribution < -0.4 is 10.2 Å². The molecule has 1 aliphatic heterocycles. The summed E-state index contributed by atoms with van der Waals surface area (Å²) in [5.74, 6) is -0.737. The normalized spacial score (nSPS) is 16.8. The van der Waals surface area contributed by atoms with Gasteiger partial charge in [-0.25, -0.2) is 9.69 Å². The number of carbonyl (C=O) groups is 3. The minimum Gasteiger partial charge on any atom is -0.326 e. The molecule has 0 unspecified atom stereocenters. The first-order valence-corrected chi connectivity index (χ1v) is 9.44. The van der Waals surface area contributed by atoms with Crippen LogP contribution in [0.15, 0.2) is 48.5 Å². The summed E-state index contributed by atoms with van der Waals surface area (Å²) in [4.78, 5) is 41.1. The molecule has 2 aromatic rings. The molecule has 146 valence electrons. The number of aryl methyl sites for hydroxylation is 1. The van der Waals surface area contributed by atoms with Crippen molar-refractivity contribution >= 4 is 40.8 Å². The zero-order chi connectivity index (χ0) is 20.4. The Morgan fingerprint density at radius 1 is 1.07 bits per heavy atom. The highest BCUT2D eigenvalue weighted by Gasteiger charge is 2.47. The monoisotopic (exact) mass is 399 g/mol. The van der Waals surface area contributed by atoms with Crippen molar-refractivity contribution in [2.24, 2.45) is 0 Å². The molecular formula is C21H22ClN3O3. The first-order valence-electron chi connectivity index (χ1n) is 9.06. The van der Waals surface area contributed by atoms with E-state index in [9.17, 15) is 14.4 Å². The van der Waals surface area contributed by atoms with Crippen LogP contribution >= 0.6 is 11.6 Å². The number of benzene rings is 2. The van der Waals surface area contributed by atoms with Crippen LogP contribution in [0.25, 0.3) is 0 Å². The predicted molar refractivity (Wildman–Crippen MR) is 110 cm³/mol. The Labute approximate surface area is 169 Å². The number of anilines is 2. The van der Waals surface area contributed by atoms with Crippen LogP contribution in [0.1, 0.15) is 25.8 Å². The molecule has 0 saturated carbocycles. The van der Waals surface area contributed by atoms with Crippen LogP contribution in [-0.4, -0.2) is 34.8 Å². The quantitative estimate of drug-likeness (QED) is 0.765. The Bertz CT molecular complexity index is 894. The fourth-order valence-electron chi connectivity index (χ4n) is 3.23.